The average Bonchev–Trinajstić information content (AvgIpc) is 2.25. The molecule has 62 valence electrons. The zero-order valence-corrected chi connectivity index (χ0v) is 8.26. The van der Waals surface area contributed by atoms with E-state index in [4.69, 9.17) is 4.74 Å². The molecule has 0 aromatic rings. The van der Waals surface area contributed by atoms with Crippen LogP contribution >= 0.6 is 22.6 Å². The smallest absolute Gasteiger partial charge is 0.306 e. The van der Waals surface area contributed by atoms with Crippen molar-refractivity contribution in [2.24, 2.45) is 5.41 Å². The number of carbonyl (C=O) groups excluding carboxylic acids is 1. The maximum absolute atomic E-state index is 11.0. The topological polar surface area (TPSA) is 38.3 Å². The number of carbonyl (C=O) groups is 1. The second-order valence-corrected chi connectivity index (χ2v) is 4.16. The predicted octanol–water partition coefficient (Wildman–Crippen LogP) is 0.326. The van der Waals surface area contributed by atoms with Crippen LogP contribution in [0.4, 0.5) is 0 Å². The number of rotatable bonds is 1. The van der Waals surface area contributed by atoms with Gasteiger partial charge in [-0.1, -0.05) is 22.6 Å². The molecule has 2 aliphatic rings. The van der Waals surface area contributed by atoms with Gasteiger partial charge >= 0.3 is 5.97 Å². The molecule has 3 nitrogen and oxygen atoms in total. The van der Waals surface area contributed by atoms with Crippen LogP contribution in [0.3, 0.4) is 0 Å². The molecule has 2 heterocycles. The molecule has 1 atom stereocenters. The maximum Gasteiger partial charge on any atom is 0.306 e. The van der Waals surface area contributed by atoms with Crippen molar-refractivity contribution in [2.75, 3.05) is 17.5 Å². The van der Waals surface area contributed by atoms with Gasteiger partial charge in [-0.15, -0.1) is 0 Å². The first-order valence-electron chi connectivity index (χ1n) is 3.73. The molecule has 0 aromatic heterocycles. The van der Waals surface area contributed by atoms with Gasteiger partial charge in [0.05, 0.1) is 6.42 Å². The summed E-state index contributed by atoms with van der Waals surface area (Å²) in [7, 11) is 0. The third kappa shape index (κ3) is 1.07. The Morgan fingerprint density at radius 2 is 2.45 bits per heavy atom. The normalized spacial score (nSPS) is 33.5. The number of halogens is 1. The van der Waals surface area contributed by atoms with E-state index < -0.39 is 0 Å². The van der Waals surface area contributed by atoms with E-state index in [0.29, 0.717) is 6.42 Å². The summed E-state index contributed by atoms with van der Waals surface area (Å²) in [5.41, 5.74) is 0.165. The molecule has 0 saturated carbocycles. The number of esters is 1. The van der Waals surface area contributed by atoms with Crippen LogP contribution in [0.2, 0.25) is 0 Å². The molecule has 0 radical (unpaired) electrons. The van der Waals surface area contributed by atoms with E-state index in [1.165, 1.54) is 0 Å². The van der Waals surface area contributed by atoms with Crippen molar-refractivity contribution in [3.63, 3.8) is 0 Å². The number of alkyl halides is 1. The highest BCUT2D eigenvalue weighted by Gasteiger charge is 2.52. The molecule has 2 fully saturated rings. The molecular formula is C7H10INO2. The monoisotopic (exact) mass is 267 g/mol. The van der Waals surface area contributed by atoms with Gasteiger partial charge in [0.1, 0.15) is 6.10 Å². The molecule has 0 bridgehead atoms. The van der Waals surface area contributed by atoms with E-state index in [0.717, 1.165) is 17.5 Å². The molecule has 4 heteroatoms. The van der Waals surface area contributed by atoms with Crippen LogP contribution in [-0.4, -0.2) is 29.6 Å². The van der Waals surface area contributed by atoms with Gasteiger partial charge in [-0.05, 0) is 0 Å². The lowest BCUT2D eigenvalue weighted by Gasteiger charge is -2.40. The minimum atomic E-state index is -0.0202. The molecule has 0 aliphatic carbocycles. The minimum Gasteiger partial charge on any atom is -0.461 e. The van der Waals surface area contributed by atoms with Gasteiger partial charge in [-0.25, -0.2) is 0 Å². The third-order valence-corrected chi connectivity index (χ3v) is 3.35. The molecule has 2 aliphatic heterocycles. The lowest BCUT2D eigenvalue weighted by Crippen LogP contribution is -2.58. The fraction of sp³-hybridized carbons (Fsp3) is 0.857. The Morgan fingerprint density at radius 3 is 2.82 bits per heavy atom. The highest BCUT2D eigenvalue weighted by atomic mass is 127. The largest absolute Gasteiger partial charge is 0.461 e. The van der Waals surface area contributed by atoms with E-state index >= 15 is 0 Å². The summed E-state index contributed by atoms with van der Waals surface area (Å²) in [6.07, 6.45) is 0.782. The zero-order valence-electron chi connectivity index (χ0n) is 6.10. The maximum atomic E-state index is 11.0. The molecule has 1 unspecified atom stereocenters. The SMILES string of the molecule is O=C1CC2(CNC2)C(CI)O1. The van der Waals surface area contributed by atoms with Crippen LogP contribution in [0.25, 0.3) is 0 Å². The number of cyclic esters (lactones) is 1. The Bertz CT molecular complexity index is 191. The molecule has 1 spiro atoms. The Kier molecular flexibility index (Phi) is 1.83. The third-order valence-electron chi connectivity index (χ3n) is 2.55. The number of nitrogens with one attached hydrogen (secondary N) is 1. The van der Waals surface area contributed by atoms with Crippen molar-refractivity contribution in [1.82, 2.24) is 5.32 Å². The van der Waals surface area contributed by atoms with Crippen molar-refractivity contribution in [2.45, 2.75) is 12.5 Å². The van der Waals surface area contributed by atoms with Crippen LogP contribution in [0.5, 0.6) is 0 Å². The van der Waals surface area contributed by atoms with E-state index in [1.807, 2.05) is 0 Å². The summed E-state index contributed by atoms with van der Waals surface area (Å²) in [5, 5.41) is 3.19. The highest BCUT2D eigenvalue weighted by molar-refractivity contribution is 14.1. The Hall–Kier alpha value is 0.160. The molecular weight excluding hydrogens is 257 g/mol. The van der Waals surface area contributed by atoms with E-state index in [2.05, 4.69) is 27.9 Å². The highest BCUT2D eigenvalue weighted by Crippen LogP contribution is 2.39. The van der Waals surface area contributed by atoms with Crippen molar-refractivity contribution in [3.8, 4) is 0 Å². The fourth-order valence-corrected chi connectivity index (χ4v) is 2.83. The van der Waals surface area contributed by atoms with Crippen molar-refractivity contribution in [3.05, 3.63) is 0 Å². The van der Waals surface area contributed by atoms with Crippen molar-refractivity contribution < 1.29 is 9.53 Å². The van der Waals surface area contributed by atoms with E-state index in [1.54, 1.807) is 0 Å². The van der Waals surface area contributed by atoms with Crippen molar-refractivity contribution >= 4 is 28.6 Å². The summed E-state index contributed by atoms with van der Waals surface area (Å²) in [5.74, 6) is -0.0202. The summed E-state index contributed by atoms with van der Waals surface area (Å²) in [4.78, 5) is 11.0. The summed E-state index contributed by atoms with van der Waals surface area (Å²) < 4.78 is 6.10. The first-order valence-corrected chi connectivity index (χ1v) is 5.26. The van der Waals surface area contributed by atoms with Gasteiger partial charge in [0.15, 0.2) is 0 Å². The molecule has 1 N–H and O–H groups in total. The molecule has 0 amide bonds. The molecule has 2 rings (SSSR count). The average molecular weight is 267 g/mol. The number of hydrogen-bond acceptors (Lipinski definition) is 3. The van der Waals surface area contributed by atoms with Gasteiger partial charge in [0.25, 0.3) is 0 Å². The summed E-state index contributed by atoms with van der Waals surface area (Å²) >= 11 is 2.28. The number of hydrogen-bond donors (Lipinski definition) is 1. The van der Waals surface area contributed by atoms with Crippen LogP contribution in [0, 0.1) is 5.41 Å². The van der Waals surface area contributed by atoms with Crippen LogP contribution in [0.15, 0.2) is 0 Å². The van der Waals surface area contributed by atoms with Gasteiger partial charge in [0, 0.05) is 22.9 Å². The lowest BCUT2D eigenvalue weighted by atomic mass is 9.76. The Morgan fingerprint density at radius 1 is 1.73 bits per heavy atom. The van der Waals surface area contributed by atoms with Gasteiger partial charge in [0.2, 0.25) is 0 Å². The van der Waals surface area contributed by atoms with E-state index in [-0.39, 0.29) is 17.5 Å². The predicted molar refractivity (Wildman–Crippen MR) is 48.7 cm³/mol. The van der Waals surface area contributed by atoms with Crippen LogP contribution in [0.1, 0.15) is 6.42 Å². The molecule has 2 saturated heterocycles. The second kappa shape index (κ2) is 2.58. The standard InChI is InChI=1S/C7H10INO2/c8-2-5-7(3-9-4-7)1-6(10)11-5/h5,9H,1-4H2. The fourth-order valence-electron chi connectivity index (χ4n) is 1.72. The quantitative estimate of drug-likeness (QED) is 0.422. The second-order valence-electron chi connectivity index (χ2n) is 3.28. The number of ether oxygens (including phenoxy) is 1. The van der Waals surface area contributed by atoms with Gasteiger partial charge in [-0.2, -0.15) is 0 Å². The van der Waals surface area contributed by atoms with E-state index in [9.17, 15) is 4.79 Å². The van der Waals surface area contributed by atoms with Crippen LogP contribution < -0.4 is 5.32 Å². The summed E-state index contributed by atoms with van der Waals surface area (Å²) in [6, 6.07) is 0. The Labute approximate surface area is 79.0 Å². The first-order chi connectivity index (χ1) is 5.27. The van der Waals surface area contributed by atoms with Crippen LogP contribution in [-0.2, 0) is 9.53 Å². The Balaban J connectivity index is 2.13. The summed E-state index contributed by atoms with van der Waals surface area (Å²) in [6.45, 7) is 1.90. The lowest BCUT2D eigenvalue weighted by molar-refractivity contribution is -0.140. The first kappa shape index (κ1) is 7.79. The molecule has 0 aromatic carbocycles. The van der Waals surface area contributed by atoms with Gasteiger partial charge < -0.3 is 10.1 Å². The van der Waals surface area contributed by atoms with Gasteiger partial charge in [-0.3, -0.25) is 4.79 Å². The zero-order chi connectivity index (χ0) is 7.90. The van der Waals surface area contributed by atoms with Crippen molar-refractivity contribution in [1.29, 1.82) is 0 Å². The minimum absolute atomic E-state index is 0.0202. The molecule has 11 heavy (non-hydrogen) atoms.